The number of anilines is 1. The molecule has 2 heteroatoms. The molecule has 118 valence electrons. The molecule has 2 aromatic rings. The molecule has 2 nitrogen and oxygen atoms in total. The molecule has 0 heterocycles. The summed E-state index contributed by atoms with van der Waals surface area (Å²) in [5, 5.41) is 0. The maximum absolute atomic E-state index is 5.26. The summed E-state index contributed by atoms with van der Waals surface area (Å²) in [4.78, 5) is 2.46. The fourth-order valence-electron chi connectivity index (χ4n) is 2.56. The van der Waals surface area contributed by atoms with Gasteiger partial charge in [-0.25, -0.2) is 0 Å². The molecule has 0 aromatic heterocycles. The predicted octanol–water partition coefficient (Wildman–Crippen LogP) is 5.20. The third-order valence-corrected chi connectivity index (χ3v) is 3.96. The van der Waals surface area contributed by atoms with Crippen molar-refractivity contribution in [3.63, 3.8) is 0 Å². The normalized spacial score (nSPS) is 10.5. The number of rotatable bonds is 8. The van der Waals surface area contributed by atoms with E-state index in [1.54, 1.807) is 7.11 Å². The van der Waals surface area contributed by atoms with Gasteiger partial charge in [-0.1, -0.05) is 49.6 Å². The van der Waals surface area contributed by atoms with Gasteiger partial charge in [-0.2, -0.15) is 0 Å². The van der Waals surface area contributed by atoms with Gasteiger partial charge in [0.15, 0.2) is 0 Å². The van der Waals surface area contributed by atoms with Crippen molar-refractivity contribution < 1.29 is 4.74 Å². The largest absolute Gasteiger partial charge is 0.497 e. The summed E-state index contributed by atoms with van der Waals surface area (Å²) in [6, 6.07) is 17.2. The van der Waals surface area contributed by atoms with Gasteiger partial charge >= 0.3 is 0 Å². The van der Waals surface area contributed by atoms with Crippen LogP contribution in [0.25, 0.3) is 0 Å². The van der Waals surface area contributed by atoms with E-state index in [2.05, 4.69) is 55.1 Å². The van der Waals surface area contributed by atoms with Gasteiger partial charge in [0.2, 0.25) is 0 Å². The van der Waals surface area contributed by atoms with Crippen molar-refractivity contribution in [2.45, 2.75) is 39.7 Å². The average Bonchev–Trinajstić information content (AvgIpc) is 2.56. The summed E-state index contributed by atoms with van der Waals surface area (Å²) in [5.74, 6) is 0.910. The molecule has 0 aliphatic carbocycles. The molecular weight excluding hydrogens is 270 g/mol. The summed E-state index contributed by atoms with van der Waals surface area (Å²) < 4.78 is 5.26. The summed E-state index contributed by atoms with van der Waals surface area (Å²) in [5.41, 5.74) is 3.93. The van der Waals surface area contributed by atoms with E-state index in [9.17, 15) is 0 Å². The molecule has 0 N–H and O–H groups in total. The number of aryl methyl sites for hydroxylation is 1. The summed E-state index contributed by atoms with van der Waals surface area (Å²) in [6.07, 6.45) is 3.76. The fraction of sp³-hybridized carbons (Fsp3) is 0.400. The lowest BCUT2D eigenvalue weighted by Crippen LogP contribution is -2.23. The molecule has 0 saturated carbocycles. The molecule has 0 fully saturated rings. The molecule has 0 amide bonds. The van der Waals surface area contributed by atoms with Crippen LogP contribution in [0.1, 0.15) is 37.3 Å². The van der Waals surface area contributed by atoms with Crippen molar-refractivity contribution in [3.8, 4) is 5.75 Å². The van der Waals surface area contributed by atoms with Crippen LogP contribution < -0.4 is 9.64 Å². The molecule has 0 spiro atoms. The molecule has 2 rings (SSSR count). The van der Waals surface area contributed by atoms with Crippen molar-refractivity contribution in [1.82, 2.24) is 0 Å². The van der Waals surface area contributed by atoms with Crippen LogP contribution in [-0.2, 0) is 6.54 Å². The van der Waals surface area contributed by atoms with Crippen LogP contribution in [0, 0.1) is 6.92 Å². The lowest BCUT2D eigenvalue weighted by atomic mass is 10.1. The number of hydrogen-bond donors (Lipinski definition) is 0. The van der Waals surface area contributed by atoms with Crippen LogP contribution in [0.15, 0.2) is 48.5 Å². The van der Waals surface area contributed by atoms with Gasteiger partial charge in [-0.05, 0) is 43.2 Å². The Bertz CT molecular complexity index is 545. The lowest BCUT2D eigenvalue weighted by Gasteiger charge is -2.25. The van der Waals surface area contributed by atoms with Crippen molar-refractivity contribution >= 4 is 5.69 Å². The van der Waals surface area contributed by atoms with Gasteiger partial charge in [-0.3, -0.25) is 0 Å². The first-order chi connectivity index (χ1) is 10.7. The number of nitrogens with zero attached hydrogens (tertiary/aromatic N) is 1. The second-order valence-electron chi connectivity index (χ2n) is 5.81. The first-order valence-electron chi connectivity index (χ1n) is 8.17. The van der Waals surface area contributed by atoms with Crippen LogP contribution in [0.2, 0.25) is 0 Å². The number of benzene rings is 2. The molecule has 0 aliphatic heterocycles. The van der Waals surface area contributed by atoms with Crippen LogP contribution in [-0.4, -0.2) is 13.7 Å². The number of ether oxygens (including phenoxy) is 1. The van der Waals surface area contributed by atoms with E-state index in [1.807, 2.05) is 12.1 Å². The Morgan fingerprint density at radius 2 is 1.59 bits per heavy atom. The minimum Gasteiger partial charge on any atom is -0.497 e. The highest BCUT2D eigenvalue weighted by molar-refractivity contribution is 5.49. The maximum atomic E-state index is 5.26. The summed E-state index contributed by atoms with van der Waals surface area (Å²) in [7, 11) is 1.71. The van der Waals surface area contributed by atoms with E-state index in [4.69, 9.17) is 4.74 Å². The van der Waals surface area contributed by atoms with Gasteiger partial charge in [0.25, 0.3) is 0 Å². The Morgan fingerprint density at radius 1 is 0.909 bits per heavy atom. The van der Waals surface area contributed by atoms with Crippen molar-refractivity contribution in [2.75, 3.05) is 18.6 Å². The topological polar surface area (TPSA) is 12.5 Å². The van der Waals surface area contributed by atoms with Gasteiger partial charge in [0.1, 0.15) is 5.75 Å². The Labute approximate surface area is 134 Å². The molecule has 2 aromatic carbocycles. The molecule has 0 aliphatic rings. The molecular formula is C20H27NO. The predicted molar refractivity (Wildman–Crippen MR) is 94.7 cm³/mol. The third kappa shape index (κ3) is 4.80. The lowest BCUT2D eigenvalue weighted by molar-refractivity contribution is 0.415. The molecule has 0 saturated heterocycles. The van der Waals surface area contributed by atoms with E-state index in [0.29, 0.717) is 0 Å². The second kappa shape index (κ2) is 8.47. The Morgan fingerprint density at radius 3 is 2.18 bits per heavy atom. The van der Waals surface area contributed by atoms with Gasteiger partial charge in [0.05, 0.1) is 7.11 Å². The molecule has 0 radical (unpaired) electrons. The SMILES string of the molecule is CCCCCN(Cc1ccc(C)cc1)c1ccc(OC)cc1. The summed E-state index contributed by atoms with van der Waals surface area (Å²) in [6.45, 7) is 6.42. The highest BCUT2D eigenvalue weighted by Crippen LogP contribution is 2.22. The first kappa shape index (κ1) is 16.4. The highest BCUT2D eigenvalue weighted by Gasteiger charge is 2.07. The van der Waals surface area contributed by atoms with Crippen molar-refractivity contribution in [2.24, 2.45) is 0 Å². The monoisotopic (exact) mass is 297 g/mol. The number of unbranched alkanes of at least 4 members (excludes halogenated alkanes) is 2. The number of hydrogen-bond acceptors (Lipinski definition) is 2. The van der Waals surface area contributed by atoms with Gasteiger partial charge in [0, 0.05) is 18.8 Å². The van der Waals surface area contributed by atoms with E-state index < -0.39 is 0 Å². The highest BCUT2D eigenvalue weighted by atomic mass is 16.5. The molecule has 0 atom stereocenters. The molecule has 0 unspecified atom stereocenters. The Hall–Kier alpha value is -1.96. The number of methoxy groups -OCH3 is 1. The standard InChI is InChI=1S/C20H27NO/c1-4-5-6-15-21(16-18-9-7-17(2)8-10-18)19-11-13-20(22-3)14-12-19/h7-14H,4-6,15-16H2,1-3H3. The van der Waals surface area contributed by atoms with Crippen LogP contribution in [0.3, 0.4) is 0 Å². The van der Waals surface area contributed by atoms with Crippen LogP contribution in [0.4, 0.5) is 5.69 Å². The first-order valence-corrected chi connectivity index (χ1v) is 8.17. The zero-order valence-electron chi connectivity index (χ0n) is 14.0. The minimum absolute atomic E-state index is 0.910. The van der Waals surface area contributed by atoms with Gasteiger partial charge in [-0.15, -0.1) is 0 Å². The zero-order valence-corrected chi connectivity index (χ0v) is 14.0. The van der Waals surface area contributed by atoms with Crippen molar-refractivity contribution in [1.29, 1.82) is 0 Å². The van der Waals surface area contributed by atoms with Gasteiger partial charge < -0.3 is 9.64 Å². The van der Waals surface area contributed by atoms with E-state index in [-0.39, 0.29) is 0 Å². The smallest absolute Gasteiger partial charge is 0.119 e. The average molecular weight is 297 g/mol. The second-order valence-corrected chi connectivity index (χ2v) is 5.81. The van der Waals surface area contributed by atoms with Crippen LogP contribution in [0.5, 0.6) is 5.75 Å². The fourth-order valence-corrected chi connectivity index (χ4v) is 2.56. The zero-order chi connectivity index (χ0) is 15.8. The van der Waals surface area contributed by atoms with Crippen LogP contribution >= 0.6 is 0 Å². The van der Waals surface area contributed by atoms with E-state index in [0.717, 1.165) is 18.8 Å². The Kier molecular flexibility index (Phi) is 6.32. The van der Waals surface area contributed by atoms with E-state index >= 15 is 0 Å². The quantitative estimate of drug-likeness (QED) is 0.621. The molecule has 0 bridgehead atoms. The molecule has 22 heavy (non-hydrogen) atoms. The maximum Gasteiger partial charge on any atom is 0.119 e. The summed E-state index contributed by atoms with van der Waals surface area (Å²) >= 11 is 0. The minimum atomic E-state index is 0.910. The Balaban J connectivity index is 2.11. The third-order valence-electron chi connectivity index (χ3n) is 3.96. The van der Waals surface area contributed by atoms with Crippen molar-refractivity contribution in [3.05, 3.63) is 59.7 Å². The van der Waals surface area contributed by atoms with E-state index in [1.165, 1.54) is 36.1 Å².